The molecule has 0 spiro atoms. The van der Waals surface area contributed by atoms with Gasteiger partial charge in [0.25, 0.3) is 0 Å². The normalized spacial score (nSPS) is 50.1. The van der Waals surface area contributed by atoms with Gasteiger partial charge in [-0.25, -0.2) is 0 Å². The Morgan fingerprint density at radius 1 is 1.47 bits per heavy atom. The van der Waals surface area contributed by atoms with Crippen molar-refractivity contribution in [1.29, 1.82) is 0 Å². The second-order valence-corrected chi connectivity index (χ2v) is 5.42. The number of aliphatic hydroxyl groups is 1. The van der Waals surface area contributed by atoms with E-state index >= 15 is 0 Å². The van der Waals surface area contributed by atoms with Crippen molar-refractivity contribution in [2.75, 3.05) is 13.2 Å². The van der Waals surface area contributed by atoms with Crippen molar-refractivity contribution in [1.82, 2.24) is 0 Å². The summed E-state index contributed by atoms with van der Waals surface area (Å²) in [5.74, 6) is 1.43. The molecule has 0 unspecified atom stereocenters. The Morgan fingerprint density at radius 3 is 2.73 bits per heavy atom. The van der Waals surface area contributed by atoms with E-state index in [1.807, 2.05) is 0 Å². The predicted octanol–water partition coefficient (Wildman–Crippen LogP) is 2.23. The van der Waals surface area contributed by atoms with E-state index < -0.39 is 0 Å². The van der Waals surface area contributed by atoms with Crippen LogP contribution in [-0.4, -0.2) is 24.4 Å². The van der Waals surface area contributed by atoms with Gasteiger partial charge in [-0.3, -0.25) is 0 Å². The highest BCUT2D eigenvalue weighted by atomic mass is 16.5. The summed E-state index contributed by atoms with van der Waals surface area (Å²) in [7, 11) is 0. The van der Waals surface area contributed by atoms with Crippen molar-refractivity contribution in [3.05, 3.63) is 11.6 Å². The zero-order chi connectivity index (χ0) is 11.2. The Hall–Kier alpha value is -0.340. The third kappa shape index (κ3) is 1.38. The van der Waals surface area contributed by atoms with Gasteiger partial charge in [-0.1, -0.05) is 25.5 Å². The maximum Gasteiger partial charge on any atom is 0.0615 e. The molecule has 5 atom stereocenters. The molecule has 15 heavy (non-hydrogen) atoms. The Bertz CT molecular complexity index is 284. The zero-order valence-corrected chi connectivity index (χ0v) is 10.2. The van der Waals surface area contributed by atoms with E-state index in [9.17, 15) is 5.11 Å². The van der Waals surface area contributed by atoms with Crippen molar-refractivity contribution in [3.8, 4) is 0 Å². The van der Waals surface area contributed by atoms with E-state index in [4.69, 9.17) is 4.74 Å². The molecule has 2 heteroatoms. The molecule has 1 N–H and O–H groups in total. The summed E-state index contributed by atoms with van der Waals surface area (Å²) < 4.78 is 5.85. The lowest BCUT2D eigenvalue weighted by atomic mass is 9.56. The van der Waals surface area contributed by atoms with Gasteiger partial charge in [0.05, 0.1) is 19.3 Å². The lowest BCUT2D eigenvalue weighted by Gasteiger charge is -2.54. The molecule has 1 aliphatic carbocycles. The summed E-state index contributed by atoms with van der Waals surface area (Å²) in [6, 6.07) is 0. The van der Waals surface area contributed by atoms with Gasteiger partial charge in [-0.2, -0.15) is 0 Å². The fraction of sp³-hybridized carbons (Fsp3) is 0.846. The third-order valence-corrected chi connectivity index (χ3v) is 4.81. The highest BCUT2D eigenvalue weighted by Gasteiger charge is 2.51. The monoisotopic (exact) mass is 210 g/mol. The molecule has 2 rings (SSSR count). The summed E-state index contributed by atoms with van der Waals surface area (Å²) in [5, 5.41) is 9.70. The summed E-state index contributed by atoms with van der Waals surface area (Å²) >= 11 is 0. The Balaban J connectivity index is 2.43. The first kappa shape index (κ1) is 11.2. The molecule has 1 aliphatic heterocycles. The average molecular weight is 210 g/mol. The first-order valence-electron chi connectivity index (χ1n) is 5.93. The molecular weight excluding hydrogens is 188 g/mol. The van der Waals surface area contributed by atoms with Gasteiger partial charge in [0.1, 0.15) is 0 Å². The molecule has 0 aromatic carbocycles. The summed E-state index contributed by atoms with van der Waals surface area (Å²) in [6.45, 7) is 9.76. The Morgan fingerprint density at radius 2 is 2.13 bits per heavy atom. The number of hydrogen-bond donors (Lipinski definition) is 1. The van der Waals surface area contributed by atoms with E-state index in [1.165, 1.54) is 5.57 Å². The summed E-state index contributed by atoms with van der Waals surface area (Å²) in [6.07, 6.45) is 2.63. The van der Waals surface area contributed by atoms with Gasteiger partial charge < -0.3 is 9.84 Å². The van der Waals surface area contributed by atoms with Crippen LogP contribution in [-0.2, 0) is 4.74 Å². The average Bonchev–Trinajstić information content (AvgIpc) is 2.17. The van der Waals surface area contributed by atoms with Crippen LogP contribution in [0.5, 0.6) is 0 Å². The highest BCUT2D eigenvalue weighted by molar-refractivity contribution is 5.20. The second-order valence-electron chi connectivity index (χ2n) is 5.42. The number of fused-ring (bicyclic) bond motifs is 2. The van der Waals surface area contributed by atoms with Crippen molar-refractivity contribution < 1.29 is 9.84 Å². The lowest BCUT2D eigenvalue weighted by molar-refractivity contribution is -0.157. The molecule has 2 aliphatic rings. The first-order valence-corrected chi connectivity index (χ1v) is 5.93. The molecule has 1 saturated heterocycles. The first-order chi connectivity index (χ1) is 7.03. The number of allylic oxidation sites excluding steroid dienone is 1. The molecule has 0 aromatic rings. The topological polar surface area (TPSA) is 29.5 Å². The van der Waals surface area contributed by atoms with Crippen LogP contribution in [0.15, 0.2) is 11.6 Å². The molecule has 0 amide bonds. The SMILES string of the molecule is CC1=C[C@@H](C)[C@@]2(CO)CO[C@@H](C)[C@H]1[C@@H]2C. The zero-order valence-electron chi connectivity index (χ0n) is 10.2. The summed E-state index contributed by atoms with van der Waals surface area (Å²) in [5.41, 5.74) is 1.39. The van der Waals surface area contributed by atoms with E-state index in [0.717, 1.165) is 0 Å². The van der Waals surface area contributed by atoms with Crippen molar-refractivity contribution in [2.24, 2.45) is 23.2 Å². The fourth-order valence-corrected chi connectivity index (χ4v) is 3.60. The smallest absolute Gasteiger partial charge is 0.0615 e. The minimum atomic E-state index is -0.0450. The molecule has 0 radical (unpaired) electrons. The van der Waals surface area contributed by atoms with Gasteiger partial charge in [-0.15, -0.1) is 0 Å². The third-order valence-electron chi connectivity index (χ3n) is 4.81. The van der Waals surface area contributed by atoms with Gasteiger partial charge in [0, 0.05) is 11.3 Å². The molecule has 1 heterocycles. The standard InChI is InChI=1S/C13H22O2/c1-8-5-9(2)13(6-14)7-15-11(4)12(8)10(13)3/h5,9-12,14H,6-7H2,1-4H3/t9-,10+,11+,12-,13-/m1/s1. The number of aliphatic hydroxyl groups excluding tert-OH is 1. The molecule has 0 saturated carbocycles. The molecule has 86 valence electrons. The molecular formula is C13H22O2. The minimum absolute atomic E-state index is 0.0450. The van der Waals surface area contributed by atoms with E-state index in [0.29, 0.717) is 30.5 Å². The fourth-order valence-electron chi connectivity index (χ4n) is 3.60. The number of ether oxygens (including phenoxy) is 1. The van der Waals surface area contributed by atoms with Crippen LogP contribution < -0.4 is 0 Å². The van der Waals surface area contributed by atoms with E-state index in [-0.39, 0.29) is 12.0 Å². The quantitative estimate of drug-likeness (QED) is 0.673. The van der Waals surface area contributed by atoms with E-state index in [2.05, 4.69) is 33.8 Å². The lowest BCUT2D eigenvalue weighted by Crippen LogP contribution is -2.55. The molecule has 0 aromatic heterocycles. The van der Waals surface area contributed by atoms with E-state index in [1.54, 1.807) is 0 Å². The second kappa shape index (κ2) is 3.60. The highest BCUT2D eigenvalue weighted by Crippen LogP contribution is 2.51. The van der Waals surface area contributed by atoms with Gasteiger partial charge in [-0.05, 0) is 25.7 Å². The minimum Gasteiger partial charge on any atom is -0.396 e. The van der Waals surface area contributed by atoms with Crippen LogP contribution in [0.4, 0.5) is 0 Å². The van der Waals surface area contributed by atoms with Crippen LogP contribution in [0.1, 0.15) is 27.7 Å². The maximum absolute atomic E-state index is 9.70. The van der Waals surface area contributed by atoms with Gasteiger partial charge >= 0.3 is 0 Å². The Labute approximate surface area is 92.3 Å². The van der Waals surface area contributed by atoms with Crippen molar-refractivity contribution >= 4 is 0 Å². The van der Waals surface area contributed by atoms with Crippen molar-refractivity contribution in [2.45, 2.75) is 33.8 Å². The molecule has 2 bridgehead atoms. The number of rotatable bonds is 1. The predicted molar refractivity (Wildman–Crippen MR) is 60.5 cm³/mol. The largest absolute Gasteiger partial charge is 0.396 e. The Kier molecular flexibility index (Phi) is 2.68. The molecule has 1 fully saturated rings. The summed E-state index contributed by atoms with van der Waals surface area (Å²) in [4.78, 5) is 0. The maximum atomic E-state index is 9.70. The van der Waals surface area contributed by atoms with Crippen LogP contribution in [0.25, 0.3) is 0 Å². The molecule has 2 nitrogen and oxygen atoms in total. The van der Waals surface area contributed by atoms with Crippen LogP contribution >= 0.6 is 0 Å². The number of hydrogen-bond acceptors (Lipinski definition) is 2. The van der Waals surface area contributed by atoms with Gasteiger partial charge in [0.2, 0.25) is 0 Å². The van der Waals surface area contributed by atoms with Crippen molar-refractivity contribution in [3.63, 3.8) is 0 Å². The van der Waals surface area contributed by atoms with Gasteiger partial charge in [0.15, 0.2) is 0 Å². The van der Waals surface area contributed by atoms with Crippen LogP contribution in [0.3, 0.4) is 0 Å². The van der Waals surface area contributed by atoms with Crippen LogP contribution in [0.2, 0.25) is 0 Å². The van der Waals surface area contributed by atoms with Crippen LogP contribution in [0, 0.1) is 23.2 Å².